The number of nitrogens with one attached hydrogen (secondary N) is 1. The maximum Gasteiger partial charge on any atom is 0.257 e. The molecule has 3 fully saturated rings. The standard InChI is InChI=1S/C38H48Cl2N4O4/c1-24(2)26-12-14-43(15-13-26)28-18-29(23-48-30-10-8-25(22-45)9-11-30)44(20-28)37(46)17-27-16-34(40)35(19-33(27)39)41-38(47)32-21-42(3)36-7-5-4-6-31(32)36/h4-7,16,19,21-22,24-26,28-30H,8-15,17-18,20,23H2,1-3H3,(H,41,47)/t25?,28-,29-,30?/m0/s1. The van der Waals surface area contributed by atoms with E-state index in [1.807, 2.05) is 40.8 Å². The Balaban J connectivity index is 1.13. The zero-order chi connectivity index (χ0) is 33.9. The number of likely N-dealkylation sites (tertiary alicyclic amines) is 2. The number of rotatable bonds is 10. The van der Waals surface area contributed by atoms with E-state index in [-0.39, 0.29) is 36.3 Å². The Morgan fingerprint density at radius 1 is 1.02 bits per heavy atom. The molecule has 2 atom stereocenters. The van der Waals surface area contributed by atoms with E-state index < -0.39 is 0 Å². The second kappa shape index (κ2) is 15.3. The number of halogens is 2. The summed E-state index contributed by atoms with van der Waals surface area (Å²) >= 11 is 13.4. The van der Waals surface area contributed by atoms with Crippen molar-refractivity contribution in [3.8, 4) is 0 Å². The van der Waals surface area contributed by atoms with Crippen LogP contribution >= 0.6 is 23.2 Å². The number of nitrogens with zero attached hydrogens (tertiary/aromatic N) is 3. The van der Waals surface area contributed by atoms with Crippen LogP contribution in [0.5, 0.6) is 0 Å². The minimum Gasteiger partial charge on any atom is -0.376 e. The van der Waals surface area contributed by atoms with Crippen LogP contribution in [-0.2, 0) is 27.8 Å². The quantitative estimate of drug-likeness (QED) is 0.224. The van der Waals surface area contributed by atoms with Gasteiger partial charge in [-0.3, -0.25) is 14.5 Å². The molecule has 0 unspecified atom stereocenters. The van der Waals surface area contributed by atoms with Crippen molar-refractivity contribution in [2.45, 2.75) is 83.4 Å². The van der Waals surface area contributed by atoms with Crippen LogP contribution < -0.4 is 5.32 Å². The zero-order valence-corrected chi connectivity index (χ0v) is 29.8. The SMILES string of the molecule is CC(C)C1CCN([C@H]2C[C@@H](COC3CCC(C=O)CC3)N(C(=O)Cc3cc(Cl)c(NC(=O)c4cn(C)c5ccccc45)cc3Cl)C2)CC1. The fourth-order valence-corrected chi connectivity index (χ4v) is 8.47. The summed E-state index contributed by atoms with van der Waals surface area (Å²) in [4.78, 5) is 43.1. The van der Waals surface area contributed by atoms with Crippen LogP contribution in [0.1, 0.15) is 74.7 Å². The van der Waals surface area contributed by atoms with E-state index in [0.29, 0.717) is 52.0 Å². The molecule has 2 saturated heterocycles. The van der Waals surface area contributed by atoms with Crippen molar-refractivity contribution < 1.29 is 19.1 Å². The molecule has 3 heterocycles. The predicted molar refractivity (Wildman–Crippen MR) is 192 cm³/mol. The highest BCUT2D eigenvalue weighted by Crippen LogP contribution is 2.34. The van der Waals surface area contributed by atoms with Gasteiger partial charge in [-0.25, -0.2) is 0 Å². The highest BCUT2D eigenvalue weighted by Gasteiger charge is 2.40. The van der Waals surface area contributed by atoms with Crippen molar-refractivity contribution in [3.05, 3.63) is 63.8 Å². The number of hydrogen-bond acceptors (Lipinski definition) is 5. The van der Waals surface area contributed by atoms with E-state index in [1.165, 1.54) is 12.8 Å². The molecule has 48 heavy (non-hydrogen) atoms. The summed E-state index contributed by atoms with van der Waals surface area (Å²) < 4.78 is 8.33. The van der Waals surface area contributed by atoms with E-state index in [9.17, 15) is 14.4 Å². The summed E-state index contributed by atoms with van der Waals surface area (Å²) in [5.74, 6) is 1.31. The van der Waals surface area contributed by atoms with Gasteiger partial charge in [0.2, 0.25) is 5.91 Å². The van der Waals surface area contributed by atoms with Gasteiger partial charge in [0, 0.05) is 47.7 Å². The second-order valence-corrected chi connectivity index (χ2v) is 15.3. The summed E-state index contributed by atoms with van der Waals surface area (Å²) in [7, 11) is 1.91. The molecule has 1 aliphatic carbocycles. The largest absolute Gasteiger partial charge is 0.376 e. The number of ether oxygens (including phenoxy) is 1. The molecule has 258 valence electrons. The number of aldehydes is 1. The molecule has 3 aromatic rings. The fourth-order valence-electron chi connectivity index (χ4n) is 8.01. The lowest BCUT2D eigenvalue weighted by molar-refractivity contribution is -0.133. The van der Waals surface area contributed by atoms with Gasteiger partial charge >= 0.3 is 0 Å². The number of aryl methyl sites for hydroxylation is 1. The minimum atomic E-state index is -0.281. The second-order valence-electron chi connectivity index (χ2n) is 14.4. The number of fused-ring (bicyclic) bond motifs is 1. The van der Waals surface area contributed by atoms with Gasteiger partial charge < -0.3 is 24.3 Å². The van der Waals surface area contributed by atoms with Gasteiger partial charge in [-0.1, -0.05) is 55.2 Å². The van der Waals surface area contributed by atoms with Crippen LogP contribution in [-0.4, -0.2) is 76.9 Å². The maximum atomic E-state index is 14.0. The Morgan fingerprint density at radius 2 is 1.75 bits per heavy atom. The fraction of sp³-hybridized carbons (Fsp3) is 0.553. The molecule has 6 rings (SSSR count). The smallest absolute Gasteiger partial charge is 0.257 e. The number of hydrogen-bond donors (Lipinski definition) is 1. The van der Waals surface area contributed by atoms with Crippen LogP contribution in [0.25, 0.3) is 10.9 Å². The molecule has 10 heteroatoms. The van der Waals surface area contributed by atoms with E-state index in [0.717, 1.165) is 68.3 Å². The molecule has 0 spiro atoms. The number of carbonyl (C=O) groups excluding carboxylic acids is 3. The molecule has 0 radical (unpaired) electrons. The highest BCUT2D eigenvalue weighted by atomic mass is 35.5. The summed E-state index contributed by atoms with van der Waals surface area (Å²) in [6, 6.07) is 11.3. The number of carbonyl (C=O) groups is 3. The van der Waals surface area contributed by atoms with Crippen molar-refractivity contribution in [2.75, 3.05) is 31.6 Å². The average molecular weight is 696 g/mol. The molecule has 1 saturated carbocycles. The van der Waals surface area contributed by atoms with Crippen LogP contribution in [0.15, 0.2) is 42.6 Å². The highest BCUT2D eigenvalue weighted by molar-refractivity contribution is 6.36. The third-order valence-electron chi connectivity index (χ3n) is 11.0. The van der Waals surface area contributed by atoms with Crippen molar-refractivity contribution in [3.63, 3.8) is 0 Å². The van der Waals surface area contributed by atoms with E-state index in [4.69, 9.17) is 27.9 Å². The number of anilines is 1. The number of para-hydroxylation sites is 1. The van der Waals surface area contributed by atoms with Crippen LogP contribution in [0.4, 0.5) is 5.69 Å². The number of amides is 2. The van der Waals surface area contributed by atoms with Gasteiger partial charge in [0.1, 0.15) is 6.29 Å². The summed E-state index contributed by atoms with van der Waals surface area (Å²) in [6.45, 7) is 7.92. The molecular weight excluding hydrogens is 647 g/mol. The average Bonchev–Trinajstić information content (AvgIpc) is 3.68. The summed E-state index contributed by atoms with van der Waals surface area (Å²) in [6.07, 6.45) is 9.89. The molecule has 8 nitrogen and oxygen atoms in total. The first-order chi connectivity index (χ1) is 23.1. The minimum absolute atomic E-state index is 0.00154. The van der Waals surface area contributed by atoms with Crippen LogP contribution in [0, 0.1) is 17.8 Å². The van der Waals surface area contributed by atoms with Crippen LogP contribution in [0.3, 0.4) is 0 Å². The van der Waals surface area contributed by atoms with Crippen molar-refractivity contribution in [1.29, 1.82) is 0 Å². The Bertz CT molecular complexity index is 1620. The lowest BCUT2D eigenvalue weighted by Crippen LogP contribution is -2.44. The van der Waals surface area contributed by atoms with Gasteiger partial charge in [0.05, 0.1) is 41.4 Å². The Hall–Kier alpha value is -2.91. The van der Waals surface area contributed by atoms with Crippen molar-refractivity contribution in [2.24, 2.45) is 24.8 Å². The van der Waals surface area contributed by atoms with Gasteiger partial charge in [-0.2, -0.15) is 0 Å². The molecule has 1 N–H and O–H groups in total. The topological polar surface area (TPSA) is 83.9 Å². The van der Waals surface area contributed by atoms with E-state index in [1.54, 1.807) is 18.3 Å². The van der Waals surface area contributed by atoms with Gasteiger partial charge in [-0.05, 0) is 93.6 Å². The molecule has 1 aromatic heterocycles. The number of piperidine rings is 1. The normalized spacial score (nSPS) is 24.0. The summed E-state index contributed by atoms with van der Waals surface area (Å²) in [5.41, 5.74) is 2.53. The monoisotopic (exact) mass is 694 g/mol. The zero-order valence-electron chi connectivity index (χ0n) is 28.3. The van der Waals surface area contributed by atoms with Gasteiger partial charge in [0.15, 0.2) is 0 Å². The molecule has 2 aromatic carbocycles. The third-order valence-corrected chi connectivity index (χ3v) is 11.7. The van der Waals surface area contributed by atoms with Crippen molar-refractivity contribution in [1.82, 2.24) is 14.4 Å². The summed E-state index contributed by atoms with van der Waals surface area (Å²) in [5, 5.41) is 4.48. The molecule has 2 aliphatic heterocycles. The molecule has 0 bridgehead atoms. The first kappa shape index (κ1) is 34.9. The first-order valence-electron chi connectivity index (χ1n) is 17.5. The maximum absolute atomic E-state index is 14.0. The number of aromatic nitrogens is 1. The van der Waals surface area contributed by atoms with Gasteiger partial charge in [0.25, 0.3) is 5.91 Å². The molecule has 2 amide bonds. The number of benzene rings is 2. The first-order valence-corrected chi connectivity index (χ1v) is 18.3. The third kappa shape index (κ3) is 7.77. The van der Waals surface area contributed by atoms with Gasteiger partial charge in [-0.15, -0.1) is 0 Å². The van der Waals surface area contributed by atoms with E-state index >= 15 is 0 Å². The Morgan fingerprint density at radius 3 is 2.46 bits per heavy atom. The van der Waals surface area contributed by atoms with E-state index in [2.05, 4.69) is 24.1 Å². The lowest BCUT2D eigenvalue weighted by atomic mass is 9.86. The Kier molecular flexibility index (Phi) is 11.2. The molecular formula is C38H48Cl2N4O4. The van der Waals surface area contributed by atoms with Crippen molar-refractivity contribution >= 4 is 57.9 Å². The Labute approximate surface area is 294 Å². The van der Waals surface area contributed by atoms with Crippen LogP contribution in [0.2, 0.25) is 10.0 Å². The predicted octanol–water partition coefficient (Wildman–Crippen LogP) is 7.39. The molecule has 3 aliphatic rings. The lowest BCUT2D eigenvalue weighted by Gasteiger charge is -2.37.